The largest absolute Gasteiger partial charge is 0.370 e. The highest BCUT2D eigenvalue weighted by Gasteiger charge is 2.40. The average molecular weight is 354 g/mol. The molecule has 3 nitrogen and oxygen atoms in total. The van der Waals surface area contributed by atoms with E-state index in [2.05, 4.69) is 46.5 Å². The number of guanidine groups is 1. The summed E-state index contributed by atoms with van der Waals surface area (Å²) < 4.78 is 0. The quantitative estimate of drug-likeness (QED) is 0.203. The van der Waals surface area contributed by atoms with E-state index in [0.29, 0.717) is 0 Å². The van der Waals surface area contributed by atoms with Gasteiger partial charge in [-0.3, -0.25) is 4.99 Å². The van der Waals surface area contributed by atoms with Crippen LogP contribution in [0.2, 0.25) is 0 Å². The van der Waals surface area contributed by atoms with Gasteiger partial charge in [-0.1, -0.05) is 105 Å². The van der Waals surface area contributed by atoms with E-state index in [0.717, 1.165) is 0 Å². The van der Waals surface area contributed by atoms with Gasteiger partial charge in [0.05, 0.1) is 6.04 Å². The monoisotopic (exact) mass is 353 g/mol. The topological polar surface area (TPSA) is 64.4 Å². The van der Waals surface area contributed by atoms with E-state index >= 15 is 0 Å². The lowest BCUT2D eigenvalue weighted by atomic mass is 9.62. The summed E-state index contributed by atoms with van der Waals surface area (Å²) in [5.74, 6) is 0.200. The fourth-order valence-corrected chi connectivity index (χ4v) is 3.50. The van der Waals surface area contributed by atoms with Crippen molar-refractivity contribution in [1.82, 2.24) is 0 Å². The van der Waals surface area contributed by atoms with Gasteiger partial charge in [0.15, 0.2) is 5.96 Å². The lowest BCUT2D eigenvalue weighted by Crippen LogP contribution is -2.42. The summed E-state index contributed by atoms with van der Waals surface area (Å²) in [6, 6.07) is 0.139. The van der Waals surface area contributed by atoms with Crippen LogP contribution in [0.1, 0.15) is 119 Å². The zero-order valence-electron chi connectivity index (χ0n) is 18.2. The fourth-order valence-electron chi connectivity index (χ4n) is 3.50. The first-order valence-electron chi connectivity index (χ1n) is 10.7. The minimum absolute atomic E-state index is 0.0788. The summed E-state index contributed by atoms with van der Waals surface area (Å²) in [5.41, 5.74) is 11.5. The van der Waals surface area contributed by atoms with Gasteiger partial charge in [-0.05, 0) is 24.2 Å². The standard InChI is InChI=1S/C22H47N3/c1-7-8-9-10-11-12-13-14-15-16-17-18-21(3,4)22(5,6)19(2)25-20(23)24/h19H,7-18H2,1-6H3,(H4,23,24,25). The molecule has 1 unspecified atom stereocenters. The van der Waals surface area contributed by atoms with Gasteiger partial charge < -0.3 is 11.5 Å². The Morgan fingerprint density at radius 3 is 1.56 bits per heavy atom. The first-order valence-corrected chi connectivity index (χ1v) is 10.7. The van der Waals surface area contributed by atoms with E-state index in [-0.39, 0.29) is 22.8 Å². The number of hydrogen-bond donors (Lipinski definition) is 2. The molecule has 0 saturated heterocycles. The molecule has 0 rings (SSSR count). The summed E-state index contributed by atoms with van der Waals surface area (Å²) in [6.07, 6.45) is 16.6. The number of hydrogen-bond acceptors (Lipinski definition) is 1. The van der Waals surface area contributed by atoms with E-state index in [1.54, 1.807) is 0 Å². The minimum Gasteiger partial charge on any atom is -0.370 e. The summed E-state index contributed by atoms with van der Waals surface area (Å²) in [7, 11) is 0. The van der Waals surface area contributed by atoms with Crippen molar-refractivity contribution in [3.05, 3.63) is 0 Å². The van der Waals surface area contributed by atoms with Crippen LogP contribution in [0.4, 0.5) is 0 Å². The molecule has 0 bridgehead atoms. The van der Waals surface area contributed by atoms with Gasteiger partial charge in [0.25, 0.3) is 0 Å². The first kappa shape index (κ1) is 24.3. The molecular weight excluding hydrogens is 306 g/mol. The maximum absolute atomic E-state index is 5.57. The molecule has 3 heteroatoms. The molecule has 0 amide bonds. The van der Waals surface area contributed by atoms with Crippen molar-refractivity contribution in [2.75, 3.05) is 0 Å². The Labute approximate surface area is 158 Å². The van der Waals surface area contributed by atoms with Crippen molar-refractivity contribution in [3.63, 3.8) is 0 Å². The van der Waals surface area contributed by atoms with Crippen LogP contribution in [0.15, 0.2) is 4.99 Å². The predicted molar refractivity (Wildman–Crippen MR) is 114 cm³/mol. The van der Waals surface area contributed by atoms with Crippen LogP contribution in [-0.2, 0) is 0 Å². The summed E-state index contributed by atoms with van der Waals surface area (Å²) in [4.78, 5) is 4.39. The number of aliphatic imine (C=N–C) groups is 1. The van der Waals surface area contributed by atoms with Crippen LogP contribution in [0, 0.1) is 10.8 Å². The van der Waals surface area contributed by atoms with Gasteiger partial charge in [0.1, 0.15) is 0 Å². The second-order valence-corrected chi connectivity index (χ2v) is 9.12. The molecule has 25 heavy (non-hydrogen) atoms. The van der Waals surface area contributed by atoms with Gasteiger partial charge in [-0.15, -0.1) is 0 Å². The zero-order valence-corrected chi connectivity index (χ0v) is 18.2. The second kappa shape index (κ2) is 12.6. The molecule has 0 aromatic carbocycles. The Morgan fingerprint density at radius 1 is 0.760 bits per heavy atom. The van der Waals surface area contributed by atoms with Gasteiger partial charge in [0, 0.05) is 0 Å². The Bertz CT molecular complexity index is 354. The number of nitrogens with zero attached hydrogens (tertiary/aromatic N) is 1. The van der Waals surface area contributed by atoms with Gasteiger partial charge in [0.2, 0.25) is 0 Å². The van der Waals surface area contributed by atoms with E-state index in [1.807, 2.05) is 0 Å². The van der Waals surface area contributed by atoms with Crippen molar-refractivity contribution in [1.29, 1.82) is 0 Å². The molecule has 0 radical (unpaired) electrons. The SMILES string of the molecule is CCCCCCCCCCCCCC(C)(C)C(C)(C)C(C)N=C(N)N. The van der Waals surface area contributed by atoms with Crippen LogP contribution < -0.4 is 11.5 Å². The van der Waals surface area contributed by atoms with E-state index < -0.39 is 0 Å². The minimum atomic E-state index is 0.0788. The highest BCUT2D eigenvalue weighted by molar-refractivity contribution is 5.75. The number of nitrogens with two attached hydrogens (primary N) is 2. The summed E-state index contributed by atoms with van der Waals surface area (Å²) in [6.45, 7) is 13.7. The van der Waals surface area contributed by atoms with Gasteiger partial charge in [-0.25, -0.2) is 0 Å². The smallest absolute Gasteiger partial charge is 0.186 e. The molecule has 0 heterocycles. The highest BCUT2D eigenvalue weighted by Crippen LogP contribution is 2.46. The highest BCUT2D eigenvalue weighted by atomic mass is 15.0. The van der Waals surface area contributed by atoms with Crippen LogP contribution in [0.25, 0.3) is 0 Å². The average Bonchev–Trinajstić information content (AvgIpc) is 2.51. The van der Waals surface area contributed by atoms with E-state index in [1.165, 1.54) is 77.0 Å². The van der Waals surface area contributed by atoms with Crippen LogP contribution in [0.3, 0.4) is 0 Å². The zero-order chi connectivity index (χ0) is 19.3. The second-order valence-electron chi connectivity index (χ2n) is 9.12. The summed E-state index contributed by atoms with van der Waals surface area (Å²) >= 11 is 0. The molecule has 0 aromatic heterocycles. The van der Waals surface area contributed by atoms with Crippen molar-refractivity contribution in [2.45, 2.75) is 125 Å². The molecule has 0 saturated carbocycles. The molecule has 4 N–H and O–H groups in total. The van der Waals surface area contributed by atoms with Crippen LogP contribution >= 0.6 is 0 Å². The van der Waals surface area contributed by atoms with E-state index in [9.17, 15) is 0 Å². The van der Waals surface area contributed by atoms with E-state index in [4.69, 9.17) is 11.5 Å². The Hall–Kier alpha value is -0.730. The lowest BCUT2D eigenvalue weighted by molar-refractivity contribution is 0.0723. The fraction of sp³-hybridized carbons (Fsp3) is 0.955. The van der Waals surface area contributed by atoms with Gasteiger partial charge >= 0.3 is 0 Å². The molecule has 0 aromatic rings. The van der Waals surface area contributed by atoms with Crippen LogP contribution in [0.5, 0.6) is 0 Å². The molecule has 0 aliphatic heterocycles. The third-order valence-electron chi connectivity index (χ3n) is 6.54. The molecule has 150 valence electrons. The van der Waals surface area contributed by atoms with Crippen LogP contribution in [-0.4, -0.2) is 12.0 Å². The normalized spacial score (nSPS) is 13.7. The number of rotatable bonds is 15. The van der Waals surface area contributed by atoms with Crippen molar-refractivity contribution in [2.24, 2.45) is 27.3 Å². The molecular formula is C22H47N3. The maximum Gasteiger partial charge on any atom is 0.186 e. The molecule has 0 aliphatic carbocycles. The van der Waals surface area contributed by atoms with Crippen molar-refractivity contribution in [3.8, 4) is 0 Å². The molecule has 0 aliphatic rings. The van der Waals surface area contributed by atoms with Crippen molar-refractivity contribution >= 4 is 5.96 Å². The molecule has 0 spiro atoms. The Morgan fingerprint density at radius 2 is 1.16 bits per heavy atom. The first-order chi connectivity index (χ1) is 11.6. The molecule has 1 atom stereocenters. The lowest BCUT2D eigenvalue weighted by Gasteiger charge is -2.44. The maximum atomic E-state index is 5.57. The Kier molecular flexibility index (Phi) is 12.2. The third-order valence-corrected chi connectivity index (χ3v) is 6.54. The van der Waals surface area contributed by atoms with Crippen molar-refractivity contribution < 1.29 is 0 Å². The van der Waals surface area contributed by atoms with Gasteiger partial charge in [-0.2, -0.15) is 0 Å². The number of unbranched alkanes of at least 4 members (excludes halogenated alkanes) is 10. The Balaban J connectivity index is 3.90. The molecule has 0 fully saturated rings. The third kappa shape index (κ3) is 10.1. The predicted octanol–water partition coefficient (Wildman–Crippen LogP) is 6.40. The summed E-state index contributed by atoms with van der Waals surface area (Å²) in [5, 5.41) is 0.